The number of nitro groups is 1. The first-order valence-electron chi connectivity index (χ1n) is 5.64. The minimum absolute atomic E-state index is 0.0752. The van der Waals surface area contributed by atoms with Crippen LogP contribution in [-0.2, 0) is 0 Å². The molecule has 1 aromatic carbocycles. The van der Waals surface area contributed by atoms with Crippen molar-refractivity contribution < 1.29 is 4.92 Å². The van der Waals surface area contributed by atoms with Crippen LogP contribution >= 0.6 is 0 Å². The SMILES string of the molecule is O=[N+]([O-])C1C2C=CC(C2)C1c1ccccc1. The second-order valence-corrected chi connectivity index (χ2v) is 4.66. The molecule has 3 heteroatoms. The van der Waals surface area contributed by atoms with E-state index in [4.69, 9.17) is 0 Å². The summed E-state index contributed by atoms with van der Waals surface area (Å²) >= 11 is 0. The molecule has 0 amide bonds. The molecule has 2 aliphatic carbocycles. The molecule has 0 heterocycles. The second kappa shape index (κ2) is 3.44. The first-order chi connectivity index (χ1) is 7.77. The molecule has 4 unspecified atom stereocenters. The van der Waals surface area contributed by atoms with Crippen LogP contribution in [0.25, 0.3) is 0 Å². The monoisotopic (exact) mass is 215 g/mol. The minimum Gasteiger partial charge on any atom is -0.264 e. The Morgan fingerprint density at radius 3 is 2.50 bits per heavy atom. The van der Waals surface area contributed by atoms with Crippen LogP contribution in [0.4, 0.5) is 0 Å². The summed E-state index contributed by atoms with van der Waals surface area (Å²) in [6.45, 7) is 0. The Kier molecular flexibility index (Phi) is 2.06. The maximum atomic E-state index is 11.1. The topological polar surface area (TPSA) is 43.1 Å². The average Bonchev–Trinajstić information content (AvgIpc) is 2.89. The van der Waals surface area contributed by atoms with Gasteiger partial charge in [0.25, 0.3) is 0 Å². The summed E-state index contributed by atoms with van der Waals surface area (Å²) in [7, 11) is 0. The number of fused-ring (bicyclic) bond motifs is 2. The molecule has 0 saturated heterocycles. The Labute approximate surface area is 93.9 Å². The van der Waals surface area contributed by atoms with E-state index < -0.39 is 6.04 Å². The van der Waals surface area contributed by atoms with Gasteiger partial charge in [0.05, 0.1) is 5.92 Å². The zero-order chi connectivity index (χ0) is 11.1. The first kappa shape index (κ1) is 9.58. The van der Waals surface area contributed by atoms with Gasteiger partial charge in [0.2, 0.25) is 6.04 Å². The molecule has 1 saturated carbocycles. The molecule has 3 rings (SSSR count). The second-order valence-electron chi connectivity index (χ2n) is 4.66. The molecular formula is C13H13NO2. The first-order valence-corrected chi connectivity index (χ1v) is 5.64. The Morgan fingerprint density at radius 2 is 1.81 bits per heavy atom. The average molecular weight is 215 g/mol. The van der Waals surface area contributed by atoms with Crippen LogP contribution in [-0.4, -0.2) is 11.0 Å². The van der Waals surface area contributed by atoms with Gasteiger partial charge in [-0.15, -0.1) is 0 Å². The maximum absolute atomic E-state index is 11.1. The van der Waals surface area contributed by atoms with Gasteiger partial charge < -0.3 is 0 Å². The number of benzene rings is 1. The molecule has 4 atom stereocenters. The summed E-state index contributed by atoms with van der Waals surface area (Å²) in [5.74, 6) is 0.583. The Hall–Kier alpha value is -1.64. The maximum Gasteiger partial charge on any atom is 0.226 e. The van der Waals surface area contributed by atoms with Crippen LogP contribution in [0.15, 0.2) is 42.5 Å². The highest BCUT2D eigenvalue weighted by atomic mass is 16.6. The smallest absolute Gasteiger partial charge is 0.226 e. The van der Waals surface area contributed by atoms with Gasteiger partial charge in [-0.1, -0.05) is 42.5 Å². The van der Waals surface area contributed by atoms with E-state index in [1.54, 1.807) is 0 Å². The van der Waals surface area contributed by atoms with E-state index in [1.807, 2.05) is 36.4 Å². The highest BCUT2D eigenvalue weighted by Crippen LogP contribution is 2.49. The van der Waals surface area contributed by atoms with Crippen molar-refractivity contribution in [3.63, 3.8) is 0 Å². The van der Waals surface area contributed by atoms with Crippen molar-refractivity contribution in [2.24, 2.45) is 11.8 Å². The van der Waals surface area contributed by atoms with Gasteiger partial charge in [-0.3, -0.25) is 10.1 Å². The van der Waals surface area contributed by atoms with Crippen molar-refractivity contribution in [2.75, 3.05) is 0 Å². The predicted molar refractivity (Wildman–Crippen MR) is 60.7 cm³/mol. The van der Waals surface area contributed by atoms with Crippen LogP contribution in [0.1, 0.15) is 17.9 Å². The third-order valence-corrected chi connectivity index (χ3v) is 3.85. The fourth-order valence-corrected chi connectivity index (χ4v) is 3.20. The van der Waals surface area contributed by atoms with Gasteiger partial charge in [0.15, 0.2) is 0 Å². The Bertz CT molecular complexity index is 441. The third-order valence-electron chi connectivity index (χ3n) is 3.85. The lowest BCUT2D eigenvalue weighted by atomic mass is 9.83. The zero-order valence-electron chi connectivity index (χ0n) is 8.82. The quantitative estimate of drug-likeness (QED) is 0.432. The number of allylic oxidation sites excluding steroid dienone is 1. The van der Waals surface area contributed by atoms with Crippen molar-refractivity contribution in [1.82, 2.24) is 0 Å². The van der Waals surface area contributed by atoms with E-state index in [1.165, 1.54) is 0 Å². The van der Waals surface area contributed by atoms with Crippen LogP contribution < -0.4 is 0 Å². The molecule has 82 valence electrons. The van der Waals surface area contributed by atoms with Gasteiger partial charge >= 0.3 is 0 Å². The van der Waals surface area contributed by atoms with E-state index in [-0.39, 0.29) is 16.8 Å². The lowest BCUT2D eigenvalue weighted by Crippen LogP contribution is -2.31. The predicted octanol–water partition coefficient (Wildman–Crippen LogP) is 2.62. The molecule has 16 heavy (non-hydrogen) atoms. The van der Waals surface area contributed by atoms with Crippen LogP contribution in [0.3, 0.4) is 0 Å². The third kappa shape index (κ3) is 1.28. The van der Waals surface area contributed by atoms with Gasteiger partial charge in [-0.2, -0.15) is 0 Å². The van der Waals surface area contributed by atoms with Crippen LogP contribution in [0.5, 0.6) is 0 Å². The van der Waals surface area contributed by atoms with Gasteiger partial charge in [0.1, 0.15) is 0 Å². The standard InChI is InChI=1S/C13H13NO2/c15-14(16)13-11-7-6-10(8-11)12(13)9-4-2-1-3-5-9/h1-7,10-13H,8H2. The highest BCUT2D eigenvalue weighted by Gasteiger charge is 2.52. The molecule has 2 aliphatic rings. The van der Waals surface area contributed by atoms with Gasteiger partial charge in [-0.25, -0.2) is 0 Å². The van der Waals surface area contributed by atoms with E-state index in [9.17, 15) is 10.1 Å². The van der Waals surface area contributed by atoms with E-state index in [0.717, 1.165) is 12.0 Å². The summed E-state index contributed by atoms with van der Waals surface area (Å²) in [6, 6.07) is 9.47. The highest BCUT2D eigenvalue weighted by molar-refractivity contribution is 5.29. The molecule has 0 aliphatic heterocycles. The minimum atomic E-state index is -0.419. The largest absolute Gasteiger partial charge is 0.264 e. The molecule has 0 N–H and O–H groups in total. The summed E-state index contributed by atoms with van der Waals surface area (Å²) in [5.41, 5.74) is 1.11. The van der Waals surface area contributed by atoms with Crippen molar-refractivity contribution in [3.05, 3.63) is 58.2 Å². The lowest BCUT2D eigenvalue weighted by molar-refractivity contribution is -0.530. The summed E-state index contributed by atoms with van der Waals surface area (Å²) in [4.78, 5) is 11.1. The van der Waals surface area contributed by atoms with E-state index in [2.05, 4.69) is 6.08 Å². The summed E-state index contributed by atoms with van der Waals surface area (Å²) in [6.07, 6.45) is 5.13. The molecule has 1 aromatic rings. The molecule has 3 nitrogen and oxygen atoms in total. The van der Waals surface area contributed by atoms with Crippen molar-refractivity contribution in [2.45, 2.75) is 18.4 Å². The molecule has 0 aromatic heterocycles. The number of rotatable bonds is 2. The number of hydrogen-bond acceptors (Lipinski definition) is 2. The molecule has 1 fully saturated rings. The van der Waals surface area contributed by atoms with Crippen molar-refractivity contribution in [3.8, 4) is 0 Å². The van der Waals surface area contributed by atoms with Crippen molar-refractivity contribution >= 4 is 0 Å². The molecule has 0 radical (unpaired) electrons. The van der Waals surface area contributed by atoms with Gasteiger partial charge in [0, 0.05) is 10.8 Å². The molecule has 0 spiro atoms. The molecular weight excluding hydrogens is 202 g/mol. The lowest BCUT2D eigenvalue weighted by Gasteiger charge is -2.21. The Morgan fingerprint density at radius 1 is 1.12 bits per heavy atom. The Balaban J connectivity index is 2.00. The number of nitrogens with zero attached hydrogens (tertiary/aromatic N) is 1. The fourth-order valence-electron chi connectivity index (χ4n) is 3.20. The zero-order valence-corrected chi connectivity index (χ0v) is 8.82. The van der Waals surface area contributed by atoms with E-state index in [0.29, 0.717) is 5.92 Å². The number of hydrogen-bond donors (Lipinski definition) is 0. The van der Waals surface area contributed by atoms with Crippen molar-refractivity contribution in [1.29, 1.82) is 0 Å². The summed E-state index contributed by atoms with van der Waals surface area (Å²) in [5, 5.41) is 11.1. The summed E-state index contributed by atoms with van der Waals surface area (Å²) < 4.78 is 0. The molecule has 2 bridgehead atoms. The normalized spacial score (nSPS) is 35.5. The van der Waals surface area contributed by atoms with Crippen LogP contribution in [0.2, 0.25) is 0 Å². The van der Waals surface area contributed by atoms with Gasteiger partial charge in [-0.05, 0) is 17.9 Å². The fraction of sp³-hybridized carbons (Fsp3) is 0.385. The van der Waals surface area contributed by atoms with Crippen LogP contribution in [0, 0.1) is 22.0 Å². The van der Waals surface area contributed by atoms with E-state index >= 15 is 0 Å².